The first-order valence-electron chi connectivity index (χ1n) is 11.0. The first-order valence-corrected chi connectivity index (χ1v) is 13.7. The number of amides is 2. The van der Waals surface area contributed by atoms with Gasteiger partial charge < -0.3 is 18.9 Å². The summed E-state index contributed by atoms with van der Waals surface area (Å²) < 4.78 is 37.6. The minimum absolute atomic E-state index is 0.0192. The summed E-state index contributed by atoms with van der Waals surface area (Å²) in [5.41, 5.74) is 0.627. The van der Waals surface area contributed by atoms with Gasteiger partial charge in [-0.15, -0.1) is 0 Å². The lowest BCUT2D eigenvalue weighted by Crippen LogP contribution is -2.45. The van der Waals surface area contributed by atoms with Crippen LogP contribution in [0.5, 0.6) is 5.75 Å². The van der Waals surface area contributed by atoms with E-state index >= 15 is 0 Å². The Labute approximate surface area is 202 Å². The number of esters is 1. The number of benzene rings is 1. The molecule has 3 rings (SSSR count). The van der Waals surface area contributed by atoms with Gasteiger partial charge in [-0.1, -0.05) is 11.3 Å². The fourth-order valence-corrected chi connectivity index (χ4v) is 6.02. The predicted molar refractivity (Wildman–Crippen MR) is 127 cm³/mol. The third kappa shape index (κ3) is 6.44. The Hall–Kier alpha value is -2.73. The van der Waals surface area contributed by atoms with E-state index in [-0.39, 0.29) is 17.4 Å². The number of hydrogen-bond donors (Lipinski definition) is 0. The van der Waals surface area contributed by atoms with Crippen molar-refractivity contribution in [2.24, 2.45) is 4.99 Å². The van der Waals surface area contributed by atoms with E-state index < -0.39 is 39.1 Å². The Bertz CT molecular complexity index is 1250. The summed E-state index contributed by atoms with van der Waals surface area (Å²) >= 11 is 1.13. The number of carbonyl (C=O) groups is 3. The predicted octanol–water partition coefficient (Wildman–Crippen LogP) is 1.52. The van der Waals surface area contributed by atoms with Crippen LogP contribution in [0.1, 0.15) is 33.1 Å². The molecule has 10 nitrogen and oxygen atoms in total. The lowest BCUT2D eigenvalue weighted by molar-refractivity contribution is -0.141. The van der Waals surface area contributed by atoms with Crippen LogP contribution in [-0.4, -0.2) is 73.5 Å². The second-order valence-electron chi connectivity index (χ2n) is 8.08. The molecule has 1 fully saturated rings. The van der Waals surface area contributed by atoms with Crippen molar-refractivity contribution >= 4 is 49.2 Å². The van der Waals surface area contributed by atoms with Crippen LogP contribution in [0.25, 0.3) is 10.2 Å². The largest absolute Gasteiger partial charge is 0.494 e. The Kier molecular flexibility index (Phi) is 8.47. The molecule has 1 unspecified atom stereocenters. The van der Waals surface area contributed by atoms with Gasteiger partial charge in [0.05, 0.1) is 23.9 Å². The highest BCUT2D eigenvalue weighted by molar-refractivity contribution is 7.92. The maximum atomic E-state index is 12.6. The zero-order chi connectivity index (χ0) is 24.9. The van der Waals surface area contributed by atoms with E-state index in [1.807, 2.05) is 13.8 Å². The molecule has 1 aliphatic rings. The second-order valence-corrected chi connectivity index (χ2v) is 11.2. The number of piperidine rings is 1. The SMILES string of the molecule is CCOc1ccc2c(c1)sc(=NC(=O)CS(=O)(=O)CC(=O)N1CCCCC1C)n2CC(=O)OC. The fraction of sp³-hybridized carbons (Fsp3) is 0.545. The maximum Gasteiger partial charge on any atom is 0.325 e. The Balaban J connectivity index is 1.85. The third-order valence-electron chi connectivity index (χ3n) is 5.51. The molecule has 0 radical (unpaired) electrons. The van der Waals surface area contributed by atoms with Crippen molar-refractivity contribution in [1.29, 1.82) is 0 Å². The van der Waals surface area contributed by atoms with Gasteiger partial charge in [0.1, 0.15) is 23.8 Å². The van der Waals surface area contributed by atoms with Gasteiger partial charge in [0, 0.05) is 12.6 Å². The van der Waals surface area contributed by atoms with Crippen molar-refractivity contribution in [2.75, 3.05) is 31.8 Å². The van der Waals surface area contributed by atoms with Crippen LogP contribution in [0, 0.1) is 0 Å². The Morgan fingerprint density at radius 2 is 1.97 bits per heavy atom. The number of aromatic nitrogens is 1. The highest BCUT2D eigenvalue weighted by Crippen LogP contribution is 2.23. The standard InChI is InChI=1S/C22H29N3O7S2/c1-4-32-16-8-9-17-18(11-16)33-22(25(17)12-21(28)31-3)23-19(26)13-34(29,30)14-20(27)24-10-6-5-7-15(24)2/h8-9,11,15H,4-7,10,12-14H2,1-3H3. The lowest BCUT2D eigenvalue weighted by Gasteiger charge is -2.33. The normalized spacial score (nSPS) is 17.1. The van der Waals surface area contributed by atoms with Crippen LogP contribution in [-0.2, 0) is 35.5 Å². The van der Waals surface area contributed by atoms with Crippen molar-refractivity contribution in [3.8, 4) is 5.75 Å². The molecule has 2 amide bonds. The van der Waals surface area contributed by atoms with Crippen LogP contribution in [0.2, 0.25) is 0 Å². The molecule has 1 saturated heterocycles. The number of carbonyl (C=O) groups excluding carboxylic acids is 3. The molecule has 186 valence electrons. The van der Waals surface area contributed by atoms with Gasteiger partial charge >= 0.3 is 5.97 Å². The van der Waals surface area contributed by atoms with Crippen LogP contribution in [0.15, 0.2) is 23.2 Å². The molecule has 12 heteroatoms. The molecule has 0 saturated carbocycles. The number of sulfone groups is 1. The number of thiazole rings is 1. The first kappa shape index (κ1) is 25.9. The molecular formula is C22H29N3O7S2. The second kappa shape index (κ2) is 11.1. The average molecular weight is 512 g/mol. The lowest BCUT2D eigenvalue weighted by atomic mass is 10.0. The van der Waals surface area contributed by atoms with E-state index in [1.165, 1.54) is 11.7 Å². The van der Waals surface area contributed by atoms with E-state index in [0.717, 1.165) is 30.6 Å². The summed E-state index contributed by atoms with van der Waals surface area (Å²) in [4.78, 5) is 42.7. The van der Waals surface area contributed by atoms with Crippen molar-refractivity contribution in [2.45, 2.75) is 45.7 Å². The molecule has 1 aromatic heterocycles. The highest BCUT2D eigenvalue weighted by Gasteiger charge is 2.28. The van der Waals surface area contributed by atoms with E-state index in [4.69, 9.17) is 9.47 Å². The minimum Gasteiger partial charge on any atom is -0.494 e. The molecule has 0 bridgehead atoms. The third-order valence-corrected chi connectivity index (χ3v) is 7.93. The zero-order valence-corrected chi connectivity index (χ0v) is 21.1. The van der Waals surface area contributed by atoms with Crippen LogP contribution in [0.4, 0.5) is 0 Å². The Morgan fingerprint density at radius 3 is 2.65 bits per heavy atom. The van der Waals surface area contributed by atoms with Gasteiger partial charge in [-0.25, -0.2) is 8.42 Å². The molecule has 2 heterocycles. The Morgan fingerprint density at radius 1 is 1.21 bits per heavy atom. The number of rotatable bonds is 8. The van der Waals surface area contributed by atoms with Crippen LogP contribution >= 0.6 is 11.3 Å². The van der Waals surface area contributed by atoms with Gasteiger partial charge in [-0.3, -0.25) is 14.4 Å². The van der Waals surface area contributed by atoms with Gasteiger partial charge in [-0.05, 0) is 51.3 Å². The fourth-order valence-electron chi connectivity index (χ4n) is 3.86. The summed E-state index contributed by atoms with van der Waals surface area (Å²) in [6.07, 6.45) is 2.67. The molecule has 0 N–H and O–H groups in total. The van der Waals surface area contributed by atoms with Gasteiger partial charge in [0.15, 0.2) is 14.6 Å². The average Bonchev–Trinajstić information content (AvgIpc) is 3.09. The van der Waals surface area contributed by atoms with Crippen molar-refractivity contribution in [1.82, 2.24) is 9.47 Å². The summed E-state index contributed by atoms with van der Waals surface area (Å²) in [5.74, 6) is -2.95. The molecule has 0 spiro atoms. The highest BCUT2D eigenvalue weighted by atomic mass is 32.2. The van der Waals surface area contributed by atoms with Crippen LogP contribution in [0.3, 0.4) is 0 Å². The molecule has 34 heavy (non-hydrogen) atoms. The molecule has 0 aliphatic carbocycles. The van der Waals surface area contributed by atoms with E-state index in [1.54, 1.807) is 23.1 Å². The van der Waals surface area contributed by atoms with Crippen LogP contribution < -0.4 is 9.54 Å². The van der Waals surface area contributed by atoms with Gasteiger partial charge in [0.25, 0.3) is 5.91 Å². The number of nitrogens with zero attached hydrogens (tertiary/aromatic N) is 3. The number of likely N-dealkylation sites (tertiary alicyclic amines) is 1. The quantitative estimate of drug-likeness (QED) is 0.492. The minimum atomic E-state index is -4.01. The summed E-state index contributed by atoms with van der Waals surface area (Å²) in [7, 11) is -2.76. The van der Waals surface area contributed by atoms with Crippen molar-refractivity contribution < 1.29 is 32.3 Å². The number of fused-ring (bicyclic) bond motifs is 1. The van der Waals surface area contributed by atoms with Gasteiger partial charge in [-0.2, -0.15) is 4.99 Å². The van der Waals surface area contributed by atoms with E-state index in [0.29, 0.717) is 29.1 Å². The number of methoxy groups -OCH3 is 1. The summed E-state index contributed by atoms with van der Waals surface area (Å²) in [6.45, 7) is 4.54. The summed E-state index contributed by atoms with van der Waals surface area (Å²) in [6, 6.07) is 5.21. The van der Waals surface area contributed by atoms with E-state index in [2.05, 4.69) is 4.99 Å². The maximum absolute atomic E-state index is 12.6. The zero-order valence-electron chi connectivity index (χ0n) is 19.5. The molecule has 1 aromatic carbocycles. The van der Waals surface area contributed by atoms with E-state index in [9.17, 15) is 22.8 Å². The first-order chi connectivity index (χ1) is 16.1. The molecule has 1 atom stereocenters. The van der Waals surface area contributed by atoms with Crippen molar-refractivity contribution in [3.63, 3.8) is 0 Å². The molecular weight excluding hydrogens is 482 g/mol. The van der Waals surface area contributed by atoms with Gasteiger partial charge in [0.2, 0.25) is 5.91 Å². The molecule has 1 aliphatic heterocycles. The summed E-state index contributed by atoms with van der Waals surface area (Å²) in [5, 5.41) is 0. The topological polar surface area (TPSA) is 124 Å². The number of ether oxygens (including phenoxy) is 2. The number of hydrogen-bond acceptors (Lipinski definition) is 8. The smallest absolute Gasteiger partial charge is 0.325 e. The molecule has 2 aromatic rings. The van der Waals surface area contributed by atoms with Crippen molar-refractivity contribution in [3.05, 3.63) is 23.0 Å². The monoisotopic (exact) mass is 511 g/mol.